The molecule has 0 radical (unpaired) electrons. The predicted molar refractivity (Wildman–Crippen MR) is 295 cm³/mol. The number of anilines is 9. The Bertz CT molecular complexity index is 2980. The third-order valence-corrected chi connectivity index (χ3v) is 13.6. The maximum Gasteiger partial charge on any atom is 0.0464 e. The molecule has 10 aromatic rings. The van der Waals surface area contributed by atoms with E-state index in [4.69, 9.17) is 0 Å². The first kappa shape index (κ1) is 44.4. The molecule has 0 unspecified atom stereocenters. The zero-order chi connectivity index (χ0) is 47.4. The third kappa shape index (κ3) is 9.46. The highest BCUT2D eigenvalue weighted by Crippen LogP contribution is 2.42. The second-order valence-electron chi connectivity index (χ2n) is 18.3. The first-order chi connectivity index (χ1) is 33.7. The van der Waals surface area contributed by atoms with Gasteiger partial charge >= 0.3 is 0 Å². The molecule has 0 aromatic heterocycles. The Hall–Kier alpha value is -8.40. The van der Waals surface area contributed by atoms with Crippen molar-refractivity contribution in [2.45, 2.75) is 41.5 Å². The molecular formula is C66H57N3. The minimum Gasteiger partial charge on any atom is -0.310 e. The Morgan fingerprint density at radius 3 is 0.623 bits per heavy atom. The minimum absolute atomic E-state index is 1.11. The zero-order valence-corrected chi connectivity index (χ0v) is 40.4. The van der Waals surface area contributed by atoms with Crippen molar-refractivity contribution in [2.75, 3.05) is 14.7 Å². The number of nitrogens with zero attached hydrogens (tertiary/aromatic N) is 3. The number of rotatable bonds is 12. The summed E-state index contributed by atoms with van der Waals surface area (Å²) in [6.45, 7) is 13.1. The molecule has 10 aromatic carbocycles. The molecule has 0 N–H and O–H groups in total. The van der Waals surface area contributed by atoms with Crippen LogP contribution in [0.3, 0.4) is 0 Å². The van der Waals surface area contributed by atoms with Gasteiger partial charge in [0.05, 0.1) is 0 Å². The SMILES string of the molecule is Cc1ccc(N(c2ccccc2)c2ccc(-c3cc(-c4ccc(N(c5ccccc5)c5ccc(C)c(C)c5)cc4)cc(-c4ccc(N(c5ccccc5)c5ccc(C)c(C)c5)cc4)c3)cc2)cc1C. The summed E-state index contributed by atoms with van der Waals surface area (Å²) in [5.41, 5.74) is 24.7. The van der Waals surface area contributed by atoms with Crippen LogP contribution in [0, 0.1) is 41.5 Å². The van der Waals surface area contributed by atoms with Crippen LogP contribution in [0.1, 0.15) is 33.4 Å². The van der Waals surface area contributed by atoms with Gasteiger partial charge in [-0.1, -0.05) is 109 Å². The van der Waals surface area contributed by atoms with Crippen molar-refractivity contribution in [3.8, 4) is 33.4 Å². The minimum atomic E-state index is 1.11. The smallest absolute Gasteiger partial charge is 0.0464 e. The monoisotopic (exact) mass is 891 g/mol. The van der Waals surface area contributed by atoms with Crippen LogP contribution in [0.5, 0.6) is 0 Å². The van der Waals surface area contributed by atoms with E-state index in [1.165, 1.54) is 33.4 Å². The summed E-state index contributed by atoms with van der Waals surface area (Å²) in [5.74, 6) is 0. The Labute approximate surface area is 408 Å². The Morgan fingerprint density at radius 1 is 0.174 bits per heavy atom. The topological polar surface area (TPSA) is 9.72 Å². The van der Waals surface area contributed by atoms with Crippen molar-refractivity contribution in [1.82, 2.24) is 0 Å². The fourth-order valence-corrected chi connectivity index (χ4v) is 9.20. The summed E-state index contributed by atoms with van der Waals surface area (Å²) >= 11 is 0. The molecular weight excluding hydrogens is 835 g/mol. The summed E-state index contributed by atoms with van der Waals surface area (Å²) in [6.07, 6.45) is 0. The molecule has 69 heavy (non-hydrogen) atoms. The summed E-state index contributed by atoms with van der Waals surface area (Å²) in [7, 11) is 0. The second kappa shape index (κ2) is 19.4. The standard InChI is InChI=1S/C66H57N3/c1-46-22-31-64(40-49(46)4)67(58-16-10-7-11-17-58)61-34-25-52(26-35-61)55-43-56(53-27-36-62(37-28-53)68(59-18-12-8-13-19-59)65-32-23-47(2)50(5)41-65)45-57(44-55)54-29-38-63(39-30-54)69(60-20-14-9-15-21-60)66-33-24-48(3)51(6)42-66/h7-45H,1-6H3. The number of aryl methyl sites for hydroxylation is 6. The van der Waals surface area contributed by atoms with Crippen molar-refractivity contribution in [1.29, 1.82) is 0 Å². The molecule has 0 bridgehead atoms. The van der Waals surface area contributed by atoms with Crippen LogP contribution in [0.15, 0.2) is 237 Å². The molecule has 0 saturated carbocycles. The highest BCUT2D eigenvalue weighted by atomic mass is 15.2. The van der Waals surface area contributed by atoms with Crippen LogP contribution in [0.2, 0.25) is 0 Å². The maximum atomic E-state index is 2.34. The van der Waals surface area contributed by atoms with E-state index in [1.807, 2.05) is 0 Å². The number of hydrogen-bond acceptors (Lipinski definition) is 3. The molecule has 0 spiro atoms. The van der Waals surface area contributed by atoms with Crippen molar-refractivity contribution in [3.63, 3.8) is 0 Å². The van der Waals surface area contributed by atoms with E-state index in [9.17, 15) is 0 Å². The molecule has 0 aliphatic carbocycles. The van der Waals surface area contributed by atoms with E-state index in [-0.39, 0.29) is 0 Å². The van der Waals surface area contributed by atoms with Gasteiger partial charge in [0.1, 0.15) is 0 Å². The molecule has 0 saturated heterocycles. The molecule has 0 amide bonds. The number of benzene rings is 10. The van der Waals surface area contributed by atoms with Gasteiger partial charge in [0.15, 0.2) is 0 Å². The highest BCUT2D eigenvalue weighted by Gasteiger charge is 2.18. The van der Waals surface area contributed by atoms with Gasteiger partial charge in [-0.05, 0) is 236 Å². The molecule has 0 aliphatic heterocycles. The lowest BCUT2D eigenvalue weighted by atomic mass is 9.93. The molecule has 3 heteroatoms. The Kier molecular flexibility index (Phi) is 12.5. The van der Waals surface area contributed by atoms with Crippen molar-refractivity contribution in [3.05, 3.63) is 270 Å². The fourth-order valence-electron chi connectivity index (χ4n) is 9.20. The Morgan fingerprint density at radius 2 is 0.391 bits per heavy atom. The van der Waals surface area contributed by atoms with Crippen LogP contribution in [-0.4, -0.2) is 0 Å². The molecule has 0 aliphatic rings. The van der Waals surface area contributed by atoms with Crippen molar-refractivity contribution in [2.24, 2.45) is 0 Å². The van der Waals surface area contributed by atoms with Gasteiger partial charge in [0, 0.05) is 51.2 Å². The Balaban J connectivity index is 1.06. The van der Waals surface area contributed by atoms with E-state index < -0.39 is 0 Å². The van der Waals surface area contributed by atoms with Crippen molar-refractivity contribution < 1.29 is 0 Å². The molecule has 0 fully saturated rings. The maximum absolute atomic E-state index is 2.34. The lowest BCUT2D eigenvalue weighted by Crippen LogP contribution is -2.10. The lowest BCUT2D eigenvalue weighted by molar-refractivity contribution is 1.25. The average Bonchev–Trinajstić information content (AvgIpc) is 3.39. The van der Waals surface area contributed by atoms with Gasteiger partial charge in [-0.25, -0.2) is 0 Å². The van der Waals surface area contributed by atoms with Gasteiger partial charge in [0.2, 0.25) is 0 Å². The van der Waals surface area contributed by atoms with Crippen LogP contribution in [0.25, 0.3) is 33.4 Å². The van der Waals surface area contributed by atoms with Gasteiger partial charge < -0.3 is 14.7 Å². The normalized spacial score (nSPS) is 11.0. The number of para-hydroxylation sites is 3. The van der Waals surface area contributed by atoms with E-state index in [1.54, 1.807) is 0 Å². The summed E-state index contributed by atoms with van der Waals surface area (Å²) in [4.78, 5) is 7.03. The quantitative estimate of drug-likeness (QED) is 0.121. The summed E-state index contributed by atoms with van der Waals surface area (Å²) in [5, 5.41) is 0. The van der Waals surface area contributed by atoms with Crippen molar-refractivity contribution >= 4 is 51.2 Å². The van der Waals surface area contributed by atoms with E-state index in [2.05, 4.69) is 293 Å². The fraction of sp³-hybridized carbons (Fsp3) is 0.0909. The summed E-state index contributed by atoms with van der Waals surface area (Å²) < 4.78 is 0. The molecule has 10 rings (SSSR count). The van der Waals surface area contributed by atoms with E-state index >= 15 is 0 Å². The van der Waals surface area contributed by atoms with Crippen LogP contribution in [-0.2, 0) is 0 Å². The molecule has 3 nitrogen and oxygen atoms in total. The molecule has 336 valence electrons. The molecule has 0 atom stereocenters. The summed E-state index contributed by atoms with van der Waals surface area (Å²) in [6, 6.07) is 86.2. The van der Waals surface area contributed by atoms with Crippen LogP contribution in [0.4, 0.5) is 51.2 Å². The van der Waals surface area contributed by atoms with Gasteiger partial charge in [-0.15, -0.1) is 0 Å². The highest BCUT2D eigenvalue weighted by molar-refractivity contribution is 5.86. The third-order valence-electron chi connectivity index (χ3n) is 13.6. The first-order valence-corrected chi connectivity index (χ1v) is 23.9. The van der Waals surface area contributed by atoms with Crippen LogP contribution < -0.4 is 14.7 Å². The van der Waals surface area contributed by atoms with Crippen LogP contribution >= 0.6 is 0 Å². The average molecular weight is 892 g/mol. The first-order valence-electron chi connectivity index (χ1n) is 23.9. The van der Waals surface area contributed by atoms with Gasteiger partial charge in [-0.3, -0.25) is 0 Å². The van der Waals surface area contributed by atoms with E-state index in [0.717, 1.165) is 84.6 Å². The second-order valence-corrected chi connectivity index (χ2v) is 18.3. The molecule has 0 heterocycles. The van der Waals surface area contributed by atoms with Gasteiger partial charge in [-0.2, -0.15) is 0 Å². The largest absolute Gasteiger partial charge is 0.310 e. The lowest BCUT2D eigenvalue weighted by Gasteiger charge is -2.26. The number of hydrogen-bond donors (Lipinski definition) is 0. The van der Waals surface area contributed by atoms with Gasteiger partial charge in [0.25, 0.3) is 0 Å². The zero-order valence-electron chi connectivity index (χ0n) is 40.4. The van der Waals surface area contributed by atoms with E-state index in [0.29, 0.717) is 0 Å². The predicted octanol–water partition coefficient (Wildman–Crippen LogP) is 18.9.